The first-order chi connectivity index (χ1) is 25.3. The molecule has 52 heavy (non-hydrogen) atoms. The smallest absolute Gasteiger partial charge is 0.366 e. The zero-order valence-electron chi connectivity index (χ0n) is 28.5. The van der Waals surface area contributed by atoms with Crippen LogP contribution in [0.5, 0.6) is 11.5 Å². The second-order valence-corrected chi connectivity index (χ2v) is 12.1. The Labute approximate surface area is 307 Å². The third kappa shape index (κ3) is 14.1. The van der Waals surface area contributed by atoms with Gasteiger partial charge >= 0.3 is 11.9 Å². The van der Waals surface area contributed by atoms with Gasteiger partial charge in [-0.2, -0.15) is 4.39 Å². The normalized spacial score (nSPS) is 10.0. The van der Waals surface area contributed by atoms with Crippen molar-refractivity contribution in [2.45, 2.75) is 30.6 Å². The highest BCUT2D eigenvalue weighted by Crippen LogP contribution is 2.24. The minimum Gasteiger partial charge on any atom is -0.494 e. The van der Waals surface area contributed by atoms with Crippen LogP contribution in [0.1, 0.15) is 58.3 Å². The van der Waals surface area contributed by atoms with E-state index in [-0.39, 0.29) is 11.7 Å². The van der Waals surface area contributed by atoms with Crippen LogP contribution in [0.2, 0.25) is 0 Å². The van der Waals surface area contributed by atoms with E-state index in [0.29, 0.717) is 44.0 Å². The predicted octanol–water partition coefficient (Wildman–Crippen LogP) is 8.49. The number of hydrogen-bond acceptors (Lipinski definition) is 8. The van der Waals surface area contributed by atoms with E-state index in [2.05, 4.69) is 36.8 Å². The second-order valence-electron chi connectivity index (χ2n) is 11.1. The maximum atomic E-state index is 12.8. The Balaban J connectivity index is 1.17. The Hall–Kier alpha value is -6.03. The van der Waals surface area contributed by atoms with Crippen LogP contribution in [0.4, 0.5) is 4.39 Å². The van der Waals surface area contributed by atoms with Crippen LogP contribution in [0.3, 0.4) is 0 Å². The highest BCUT2D eigenvalue weighted by Gasteiger charge is 2.09. The molecule has 0 amide bonds. The maximum absolute atomic E-state index is 12.8. The Bertz CT molecular complexity index is 1950. The molecule has 0 aliphatic rings. The van der Waals surface area contributed by atoms with Gasteiger partial charge in [0, 0.05) is 38.8 Å². The quantitative estimate of drug-likeness (QED) is 0.0375. The van der Waals surface area contributed by atoms with Crippen molar-refractivity contribution >= 4 is 28.8 Å². The molecule has 0 heterocycles. The number of rotatable bonds is 16. The molecule has 0 bridgehead atoms. The molecule has 0 aliphatic carbocycles. The van der Waals surface area contributed by atoms with Gasteiger partial charge in [0.15, 0.2) is 0 Å². The highest BCUT2D eigenvalue weighted by atomic mass is 32.2. The topological polar surface area (TPSA) is 88.1 Å². The summed E-state index contributed by atoms with van der Waals surface area (Å²) < 4.78 is 33.6. The van der Waals surface area contributed by atoms with Gasteiger partial charge in [-0.15, -0.1) is 0 Å². The monoisotopic (exact) mass is 716 g/mol. The van der Waals surface area contributed by atoms with Gasteiger partial charge in [-0.25, -0.2) is 9.59 Å². The highest BCUT2D eigenvalue weighted by molar-refractivity contribution is 8.14. The van der Waals surface area contributed by atoms with Crippen LogP contribution >= 0.6 is 11.8 Å². The summed E-state index contributed by atoms with van der Waals surface area (Å²) in [6, 6.07) is 29.7. The number of ether oxygens (including phenoxy) is 4. The zero-order valence-corrected chi connectivity index (χ0v) is 29.3. The van der Waals surface area contributed by atoms with Gasteiger partial charge < -0.3 is 18.9 Å². The van der Waals surface area contributed by atoms with E-state index in [1.165, 1.54) is 0 Å². The lowest BCUT2D eigenvalue weighted by molar-refractivity contribution is -0.141. The minimum atomic E-state index is -1.11. The van der Waals surface area contributed by atoms with Crippen LogP contribution in [0, 0.1) is 23.7 Å². The summed E-state index contributed by atoms with van der Waals surface area (Å²) in [5.74, 6) is 11.5. The maximum Gasteiger partial charge on any atom is 0.366 e. The van der Waals surface area contributed by atoms with Crippen LogP contribution in [0.25, 0.3) is 0 Å². The fraction of sp³-hybridized carbons (Fsp3) is 0.186. The number of carbonyl (C=O) groups excluding carboxylic acids is 3. The van der Waals surface area contributed by atoms with E-state index < -0.39 is 17.8 Å². The van der Waals surface area contributed by atoms with Crippen molar-refractivity contribution in [2.75, 3.05) is 26.4 Å². The molecule has 4 aromatic carbocycles. The number of benzene rings is 4. The molecule has 0 spiro atoms. The van der Waals surface area contributed by atoms with E-state index in [0.717, 1.165) is 63.6 Å². The molecule has 0 radical (unpaired) electrons. The number of halogens is 1. The molecule has 7 nitrogen and oxygen atoms in total. The number of carbonyl (C=O) groups is 3. The van der Waals surface area contributed by atoms with E-state index in [4.69, 9.17) is 18.9 Å². The molecule has 0 N–H and O–H groups in total. The molecule has 264 valence electrons. The first-order valence-corrected chi connectivity index (χ1v) is 17.3. The third-order valence-corrected chi connectivity index (χ3v) is 8.01. The lowest BCUT2D eigenvalue weighted by Gasteiger charge is -2.07. The van der Waals surface area contributed by atoms with Crippen LogP contribution in [-0.2, 0) is 19.1 Å². The molecular weight excluding hydrogens is 680 g/mol. The summed E-state index contributed by atoms with van der Waals surface area (Å²) in [6.07, 6.45) is 3.78. The van der Waals surface area contributed by atoms with Gasteiger partial charge in [0.1, 0.15) is 11.5 Å². The molecule has 0 atom stereocenters. The third-order valence-electron chi connectivity index (χ3n) is 7.08. The summed E-state index contributed by atoms with van der Waals surface area (Å²) in [5.41, 5.74) is 3.98. The van der Waals surface area contributed by atoms with Gasteiger partial charge in [-0.05, 0) is 135 Å². The largest absolute Gasteiger partial charge is 0.494 e. The van der Waals surface area contributed by atoms with Crippen molar-refractivity contribution in [1.82, 2.24) is 0 Å². The number of esters is 2. The predicted molar refractivity (Wildman–Crippen MR) is 200 cm³/mol. The second kappa shape index (κ2) is 21.2. The summed E-state index contributed by atoms with van der Waals surface area (Å²) in [5, 5.41) is -0.0927. The first-order valence-electron chi connectivity index (χ1n) is 16.5. The van der Waals surface area contributed by atoms with E-state index in [1.54, 1.807) is 24.3 Å². The molecule has 0 fully saturated rings. The van der Waals surface area contributed by atoms with Gasteiger partial charge in [-0.3, -0.25) is 4.79 Å². The molecule has 9 heteroatoms. The Kier molecular flexibility index (Phi) is 15.8. The average Bonchev–Trinajstić information content (AvgIpc) is 3.17. The minimum absolute atomic E-state index is 0.0901. The van der Waals surface area contributed by atoms with Crippen molar-refractivity contribution < 1.29 is 37.7 Å². The molecule has 0 saturated heterocycles. The van der Waals surface area contributed by atoms with E-state index >= 15 is 0 Å². The lowest BCUT2D eigenvalue weighted by atomic mass is 10.1. The summed E-state index contributed by atoms with van der Waals surface area (Å²) in [6.45, 7) is 7.61. The fourth-order valence-electron chi connectivity index (χ4n) is 4.28. The number of thioether (sulfide) groups is 1. The van der Waals surface area contributed by atoms with Gasteiger partial charge in [0.25, 0.3) is 0 Å². The summed E-state index contributed by atoms with van der Waals surface area (Å²) in [7, 11) is 0. The van der Waals surface area contributed by atoms with E-state index in [9.17, 15) is 18.8 Å². The van der Waals surface area contributed by atoms with Gasteiger partial charge in [-0.1, -0.05) is 36.8 Å². The molecule has 4 aromatic rings. The first kappa shape index (κ1) is 38.8. The Morgan fingerprint density at radius 3 is 1.46 bits per heavy atom. The molecule has 0 unspecified atom stereocenters. The molecule has 0 aromatic heterocycles. The summed E-state index contributed by atoms with van der Waals surface area (Å²) >= 11 is 1.13. The van der Waals surface area contributed by atoms with Crippen molar-refractivity contribution in [2.24, 2.45) is 0 Å². The van der Waals surface area contributed by atoms with Crippen molar-refractivity contribution in [1.29, 1.82) is 0 Å². The van der Waals surface area contributed by atoms with Gasteiger partial charge in [0.05, 0.1) is 26.4 Å². The van der Waals surface area contributed by atoms with Crippen molar-refractivity contribution in [3.8, 4) is 35.2 Å². The van der Waals surface area contributed by atoms with Crippen LogP contribution in [0.15, 0.2) is 127 Å². The van der Waals surface area contributed by atoms with Crippen molar-refractivity contribution in [3.63, 3.8) is 0 Å². The Morgan fingerprint density at radius 2 is 1.00 bits per heavy atom. The zero-order chi connectivity index (χ0) is 37.0. The van der Waals surface area contributed by atoms with E-state index in [1.807, 2.05) is 72.8 Å². The number of unbranched alkanes of at least 4 members (excludes halogenated alkanes) is 2. The van der Waals surface area contributed by atoms with Crippen LogP contribution in [-0.4, -0.2) is 43.5 Å². The lowest BCUT2D eigenvalue weighted by Crippen LogP contribution is -2.07. The molecule has 0 saturated carbocycles. The molecule has 0 aliphatic heterocycles. The van der Waals surface area contributed by atoms with Gasteiger partial charge in [0.2, 0.25) is 10.9 Å². The standard InChI is InChI=1S/C43H37FO7S/c1-3-41(45)50-30-6-4-28-48-38-22-16-35(17-23-38)14-12-33-8-10-34(11-9-33)13-15-36-18-26-40(27-19-36)52-43(47)37-20-24-39(25-21-37)49-29-5-7-31-51-42(46)32(2)44/h3,8-11,16-27H,1-2,4-7,28-31H2. The molecule has 4 rings (SSSR count). The Morgan fingerprint density at radius 1 is 0.596 bits per heavy atom. The molecular formula is C43H37FO7S. The summed E-state index contributed by atoms with van der Waals surface area (Å²) in [4.78, 5) is 35.7. The van der Waals surface area contributed by atoms with Crippen molar-refractivity contribution in [3.05, 3.63) is 150 Å². The fourth-order valence-corrected chi connectivity index (χ4v) is 5.02. The SMILES string of the molecule is C=CC(=O)OCCCCOc1ccc(C#Cc2ccc(C#Cc3ccc(SC(=O)c4ccc(OCCCCOC(=O)C(=C)F)cc4)cc3)cc2)cc1. The average molecular weight is 717 g/mol. The van der Waals surface area contributed by atoms with Crippen LogP contribution < -0.4 is 9.47 Å². The number of hydrogen-bond donors (Lipinski definition) is 0.